The summed E-state index contributed by atoms with van der Waals surface area (Å²) in [5, 5.41) is 0. The molecule has 1 aromatic rings. The van der Waals surface area contributed by atoms with E-state index in [1.807, 2.05) is 26.0 Å². The first-order chi connectivity index (χ1) is 12.1. The smallest absolute Gasteiger partial charge is 0.238 e. The molecule has 1 saturated heterocycles. The fourth-order valence-corrected chi connectivity index (χ4v) is 6.19. The van der Waals surface area contributed by atoms with Crippen molar-refractivity contribution in [2.24, 2.45) is 23.7 Å². The summed E-state index contributed by atoms with van der Waals surface area (Å²) >= 11 is 0. The number of carbonyl (C=O) groups is 2. The minimum absolute atomic E-state index is 0.0669. The summed E-state index contributed by atoms with van der Waals surface area (Å²) in [6.07, 6.45) is 6.86. The van der Waals surface area contributed by atoms with Gasteiger partial charge in [0.1, 0.15) is 0 Å². The summed E-state index contributed by atoms with van der Waals surface area (Å²) in [5.74, 6) is 0.604. The van der Waals surface area contributed by atoms with Crippen molar-refractivity contribution in [3.63, 3.8) is 0 Å². The van der Waals surface area contributed by atoms with Crippen molar-refractivity contribution in [3.8, 4) is 0 Å². The molecule has 1 aliphatic heterocycles. The van der Waals surface area contributed by atoms with Crippen LogP contribution in [0.5, 0.6) is 0 Å². The molecule has 25 heavy (non-hydrogen) atoms. The van der Waals surface area contributed by atoms with Crippen molar-refractivity contribution in [1.29, 1.82) is 0 Å². The third-order valence-electron chi connectivity index (χ3n) is 7.09. The normalized spacial score (nSPS) is 33.8. The maximum Gasteiger partial charge on any atom is 0.238 e. The molecule has 3 aliphatic carbocycles. The number of hydrogen-bond acceptors (Lipinski definition) is 2. The van der Waals surface area contributed by atoms with Gasteiger partial charge in [0.05, 0.1) is 17.5 Å². The molecule has 1 heterocycles. The predicted octanol–water partition coefficient (Wildman–Crippen LogP) is 4.32. The van der Waals surface area contributed by atoms with Gasteiger partial charge in [-0.1, -0.05) is 28.8 Å². The Bertz CT molecular complexity index is 779. The second kappa shape index (κ2) is 5.30. The van der Waals surface area contributed by atoms with E-state index in [2.05, 4.69) is 6.07 Å². The number of anilines is 1. The Morgan fingerprint density at radius 3 is 1.96 bits per heavy atom. The highest BCUT2D eigenvalue weighted by molar-refractivity contribution is 6.23. The molecule has 0 bridgehead atoms. The van der Waals surface area contributed by atoms with Gasteiger partial charge in [-0.05, 0) is 75.8 Å². The Morgan fingerprint density at radius 1 is 0.880 bits per heavy atom. The lowest BCUT2D eigenvalue weighted by Gasteiger charge is -2.34. The highest BCUT2D eigenvalue weighted by Gasteiger charge is 2.59. The molecule has 4 aliphatic rings. The zero-order valence-corrected chi connectivity index (χ0v) is 15.0. The lowest BCUT2D eigenvalue weighted by molar-refractivity contribution is -0.122. The van der Waals surface area contributed by atoms with E-state index in [1.165, 1.54) is 12.8 Å². The number of allylic oxidation sites excluding steroid dienone is 2. The average molecular weight is 335 g/mol. The predicted molar refractivity (Wildman–Crippen MR) is 97.1 cm³/mol. The van der Waals surface area contributed by atoms with E-state index < -0.39 is 0 Å². The van der Waals surface area contributed by atoms with Crippen molar-refractivity contribution in [2.75, 3.05) is 4.90 Å². The van der Waals surface area contributed by atoms with Gasteiger partial charge in [-0.25, -0.2) is 4.90 Å². The minimum atomic E-state index is -0.0995. The summed E-state index contributed by atoms with van der Waals surface area (Å²) in [4.78, 5) is 28.3. The Hall–Kier alpha value is -1.90. The highest BCUT2D eigenvalue weighted by Crippen LogP contribution is 2.58. The molecule has 0 N–H and O–H groups in total. The van der Waals surface area contributed by atoms with Gasteiger partial charge in [-0.3, -0.25) is 9.59 Å². The molecule has 0 spiro atoms. The standard InChI is InChI=1S/C22H25NO2/c1-12-9-10-18(13(2)11-12)23-21(24)19-16-7-3-5-14(16)15-6-4-8-17(15)20(19)22(23)25/h9-11,16-17,19-20H,3-8H2,1-2H3/t16-,17-,19-,20+/m1/s1. The molecule has 3 heteroatoms. The topological polar surface area (TPSA) is 37.4 Å². The maximum atomic E-state index is 13.4. The maximum absolute atomic E-state index is 13.4. The number of fused-ring (bicyclic) bond motifs is 5. The van der Waals surface area contributed by atoms with Gasteiger partial charge in [-0.2, -0.15) is 0 Å². The molecule has 0 unspecified atom stereocenters. The number of nitrogens with zero attached hydrogens (tertiary/aromatic N) is 1. The number of hydrogen-bond donors (Lipinski definition) is 0. The van der Waals surface area contributed by atoms with Crippen molar-refractivity contribution in [2.45, 2.75) is 52.4 Å². The monoisotopic (exact) mass is 335 g/mol. The number of amides is 2. The first-order valence-corrected chi connectivity index (χ1v) is 9.75. The lowest BCUT2D eigenvalue weighted by Crippen LogP contribution is -2.35. The molecule has 1 aromatic carbocycles. The molecule has 130 valence electrons. The van der Waals surface area contributed by atoms with Crippen LogP contribution in [0.15, 0.2) is 29.3 Å². The van der Waals surface area contributed by atoms with E-state index in [4.69, 9.17) is 0 Å². The van der Waals surface area contributed by atoms with Gasteiger partial charge < -0.3 is 0 Å². The van der Waals surface area contributed by atoms with Crippen LogP contribution in [0.25, 0.3) is 0 Å². The third kappa shape index (κ3) is 1.98. The van der Waals surface area contributed by atoms with E-state index >= 15 is 0 Å². The van der Waals surface area contributed by atoms with Crippen LogP contribution >= 0.6 is 0 Å². The van der Waals surface area contributed by atoms with Crippen LogP contribution in [0, 0.1) is 37.5 Å². The van der Waals surface area contributed by atoms with Crippen LogP contribution in [0.4, 0.5) is 5.69 Å². The number of rotatable bonds is 1. The zero-order chi connectivity index (χ0) is 17.3. The molecule has 5 rings (SSSR count). The van der Waals surface area contributed by atoms with Gasteiger partial charge in [-0.15, -0.1) is 0 Å². The quantitative estimate of drug-likeness (QED) is 0.566. The van der Waals surface area contributed by atoms with Crippen molar-refractivity contribution >= 4 is 17.5 Å². The summed E-state index contributed by atoms with van der Waals surface area (Å²) < 4.78 is 0. The van der Waals surface area contributed by atoms with Crippen LogP contribution in [0.2, 0.25) is 0 Å². The molecule has 2 saturated carbocycles. The average Bonchev–Trinajstić information content (AvgIpc) is 3.26. The van der Waals surface area contributed by atoms with Gasteiger partial charge in [0.15, 0.2) is 0 Å². The molecule has 2 amide bonds. The van der Waals surface area contributed by atoms with E-state index in [0.717, 1.165) is 42.5 Å². The summed E-state index contributed by atoms with van der Waals surface area (Å²) in [5.41, 5.74) is 6.11. The fourth-order valence-electron chi connectivity index (χ4n) is 6.19. The van der Waals surface area contributed by atoms with Crippen LogP contribution in [-0.2, 0) is 9.59 Å². The van der Waals surface area contributed by atoms with Gasteiger partial charge in [0, 0.05) is 0 Å². The number of aryl methyl sites for hydroxylation is 2. The molecular formula is C22H25NO2. The highest BCUT2D eigenvalue weighted by atomic mass is 16.2. The molecular weight excluding hydrogens is 310 g/mol. The Balaban J connectivity index is 1.62. The minimum Gasteiger partial charge on any atom is -0.274 e. The first kappa shape index (κ1) is 15.4. The van der Waals surface area contributed by atoms with Crippen molar-refractivity contribution in [1.82, 2.24) is 0 Å². The Labute approximate surface area is 149 Å². The van der Waals surface area contributed by atoms with Gasteiger partial charge in [0.25, 0.3) is 0 Å². The number of benzene rings is 1. The zero-order valence-electron chi connectivity index (χ0n) is 15.0. The molecule has 0 radical (unpaired) electrons. The Kier molecular flexibility index (Phi) is 3.25. The van der Waals surface area contributed by atoms with Crippen molar-refractivity contribution < 1.29 is 9.59 Å². The van der Waals surface area contributed by atoms with Crippen LogP contribution in [0.3, 0.4) is 0 Å². The van der Waals surface area contributed by atoms with Crippen LogP contribution in [0.1, 0.15) is 49.7 Å². The summed E-state index contributed by atoms with van der Waals surface area (Å²) in [7, 11) is 0. The molecule has 0 aromatic heterocycles. The molecule has 3 fully saturated rings. The second-order valence-electron chi connectivity index (χ2n) is 8.40. The van der Waals surface area contributed by atoms with E-state index in [1.54, 1.807) is 16.0 Å². The number of carbonyl (C=O) groups excluding carboxylic acids is 2. The molecule has 4 atom stereocenters. The number of imide groups is 1. The first-order valence-electron chi connectivity index (χ1n) is 9.75. The fraction of sp³-hybridized carbons (Fsp3) is 0.545. The van der Waals surface area contributed by atoms with E-state index in [-0.39, 0.29) is 23.7 Å². The van der Waals surface area contributed by atoms with Crippen LogP contribution in [-0.4, -0.2) is 11.8 Å². The largest absolute Gasteiger partial charge is 0.274 e. The van der Waals surface area contributed by atoms with Gasteiger partial charge in [0.2, 0.25) is 11.8 Å². The lowest BCUT2D eigenvalue weighted by atomic mass is 9.66. The Morgan fingerprint density at radius 2 is 1.44 bits per heavy atom. The third-order valence-corrected chi connectivity index (χ3v) is 7.09. The van der Waals surface area contributed by atoms with Crippen LogP contribution < -0.4 is 4.90 Å². The van der Waals surface area contributed by atoms with Crippen molar-refractivity contribution in [3.05, 3.63) is 40.5 Å². The molecule has 3 nitrogen and oxygen atoms in total. The van der Waals surface area contributed by atoms with Gasteiger partial charge >= 0.3 is 0 Å². The summed E-state index contributed by atoms with van der Waals surface area (Å²) in [6, 6.07) is 6.03. The van der Waals surface area contributed by atoms with E-state index in [0.29, 0.717) is 11.8 Å². The van der Waals surface area contributed by atoms with E-state index in [9.17, 15) is 9.59 Å². The SMILES string of the molecule is Cc1ccc(N2C(=O)[C@@H]3[C@H](C2=O)[C@@H]2CCCC2=C2CCC[C@H]23)c(C)c1. The second-order valence-corrected chi connectivity index (χ2v) is 8.40. The summed E-state index contributed by atoms with van der Waals surface area (Å²) in [6.45, 7) is 4.05.